The van der Waals surface area contributed by atoms with E-state index in [1.165, 1.54) is 17.0 Å². The first kappa shape index (κ1) is 17.6. The second-order valence-corrected chi connectivity index (χ2v) is 7.81. The number of β-amino-alcohol motifs (C(OH)–C–C–N with tert-alkyl or cyclic N) is 1. The molecular weight excluding hydrogens is 352 g/mol. The Bertz CT molecular complexity index is 967. The normalized spacial score (nSPS) is 19.4. The summed E-state index contributed by atoms with van der Waals surface area (Å²) < 4.78 is 7.89. The van der Waals surface area contributed by atoms with E-state index in [2.05, 4.69) is 22.1 Å². The molecule has 0 radical (unpaired) electrons. The van der Waals surface area contributed by atoms with Crippen molar-refractivity contribution < 1.29 is 9.84 Å². The molecule has 1 aromatic carbocycles. The van der Waals surface area contributed by atoms with E-state index in [9.17, 15) is 5.11 Å². The molecule has 146 valence electrons. The molecule has 2 aliphatic rings. The van der Waals surface area contributed by atoms with Gasteiger partial charge in [0, 0.05) is 42.5 Å². The topological polar surface area (TPSA) is 62.9 Å². The van der Waals surface area contributed by atoms with E-state index < -0.39 is 0 Å². The van der Waals surface area contributed by atoms with Crippen molar-refractivity contribution in [3.8, 4) is 17.0 Å². The second kappa shape index (κ2) is 7.53. The molecule has 0 bridgehead atoms. The summed E-state index contributed by atoms with van der Waals surface area (Å²) in [6, 6.07) is 10.3. The lowest BCUT2D eigenvalue weighted by molar-refractivity contribution is 0.173. The van der Waals surface area contributed by atoms with Crippen LogP contribution in [0.25, 0.3) is 16.9 Å². The molecule has 1 saturated heterocycles. The van der Waals surface area contributed by atoms with Crippen LogP contribution in [0, 0.1) is 0 Å². The number of aromatic nitrogens is 3. The van der Waals surface area contributed by atoms with Crippen LogP contribution in [-0.2, 0) is 12.8 Å². The zero-order valence-electron chi connectivity index (χ0n) is 16.0. The molecule has 1 atom stereocenters. The molecule has 6 heteroatoms. The Morgan fingerprint density at radius 1 is 1.14 bits per heavy atom. The van der Waals surface area contributed by atoms with E-state index in [0.717, 1.165) is 68.7 Å². The molecule has 6 nitrogen and oxygen atoms in total. The van der Waals surface area contributed by atoms with Crippen LogP contribution in [0.5, 0.6) is 5.75 Å². The minimum absolute atomic E-state index is 0.149. The quantitative estimate of drug-likeness (QED) is 0.668. The van der Waals surface area contributed by atoms with E-state index >= 15 is 0 Å². The minimum Gasteiger partial charge on any atom is -0.494 e. The average molecular weight is 378 g/mol. The molecule has 1 aliphatic carbocycles. The molecule has 5 rings (SSSR count). The number of hydrogen-bond acceptors (Lipinski definition) is 5. The van der Waals surface area contributed by atoms with Gasteiger partial charge < -0.3 is 14.7 Å². The van der Waals surface area contributed by atoms with Crippen molar-refractivity contribution in [1.29, 1.82) is 0 Å². The van der Waals surface area contributed by atoms with Gasteiger partial charge in [-0.25, -0.2) is 9.50 Å². The van der Waals surface area contributed by atoms with Gasteiger partial charge in [-0.1, -0.05) is 0 Å². The third kappa shape index (κ3) is 3.38. The summed E-state index contributed by atoms with van der Waals surface area (Å²) in [7, 11) is 0. The number of ether oxygens (including phenoxy) is 1. The van der Waals surface area contributed by atoms with E-state index in [-0.39, 0.29) is 6.10 Å². The van der Waals surface area contributed by atoms with Crippen molar-refractivity contribution >= 4 is 5.65 Å². The Labute approximate surface area is 164 Å². The van der Waals surface area contributed by atoms with E-state index in [0.29, 0.717) is 6.61 Å². The summed E-state index contributed by atoms with van der Waals surface area (Å²) in [6.07, 6.45) is 6.82. The molecule has 3 aromatic rings. The average Bonchev–Trinajstić information content (AvgIpc) is 3.44. The minimum atomic E-state index is -0.149. The second-order valence-electron chi connectivity index (χ2n) is 7.81. The molecule has 0 unspecified atom stereocenters. The maximum absolute atomic E-state index is 9.58. The summed E-state index contributed by atoms with van der Waals surface area (Å²) in [5.41, 5.74) is 5.80. The number of nitrogens with zero attached hydrogens (tertiary/aromatic N) is 4. The summed E-state index contributed by atoms with van der Waals surface area (Å²) in [4.78, 5) is 7.06. The standard InChI is InChI=1S/C22H26N4O2/c27-17-10-13-25(15-17)12-2-14-28-18-7-5-16(6-8-18)22-19-3-1-4-20(19)24-21-9-11-23-26(21)22/h5-9,11,17,27H,1-4,10,12-15H2/t17-/m0/s1. The van der Waals surface area contributed by atoms with Gasteiger partial charge in [-0.05, 0) is 56.4 Å². The molecule has 1 fully saturated rings. The number of aryl methyl sites for hydroxylation is 1. The summed E-state index contributed by atoms with van der Waals surface area (Å²) in [6.45, 7) is 3.47. The molecule has 2 aromatic heterocycles. The fraction of sp³-hybridized carbons (Fsp3) is 0.455. The van der Waals surface area contributed by atoms with Crippen molar-refractivity contribution in [1.82, 2.24) is 19.5 Å². The molecular formula is C22H26N4O2. The van der Waals surface area contributed by atoms with Gasteiger partial charge in [-0.2, -0.15) is 5.10 Å². The first-order valence-electron chi connectivity index (χ1n) is 10.3. The molecule has 1 aliphatic heterocycles. The third-order valence-electron chi connectivity index (χ3n) is 5.82. The van der Waals surface area contributed by atoms with Crippen LogP contribution in [0.3, 0.4) is 0 Å². The molecule has 1 N–H and O–H groups in total. The van der Waals surface area contributed by atoms with Crippen LogP contribution in [-0.4, -0.2) is 56.9 Å². The van der Waals surface area contributed by atoms with Gasteiger partial charge in [0.2, 0.25) is 0 Å². The largest absolute Gasteiger partial charge is 0.494 e. The lowest BCUT2D eigenvalue weighted by atomic mass is 10.0. The summed E-state index contributed by atoms with van der Waals surface area (Å²) in [5, 5.41) is 14.1. The Morgan fingerprint density at radius 3 is 2.86 bits per heavy atom. The first-order valence-corrected chi connectivity index (χ1v) is 10.3. The molecule has 0 saturated carbocycles. The lowest BCUT2D eigenvalue weighted by Crippen LogP contribution is -2.24. The molecule has 28 heavy (non-hydrogen) atoms. The van der Waals surface area contributed by atoms with Crippen LogP contribution in [0.2, 0.25) is 0 Å². The highest BCUT2D eigenvalue weighted by Crippen LogP contribution is 2.32. The van der Waals surface area contributed by atoms with Gasteiger partial charge in [0.1, 0.15) is 5.75 Å². The first-order chi connectivity index (χ1) is 13.8. The van der Waals surface area contributed by atoms with Crippen molar-refractivity contribution in [3.63, 3.8) is 0 Å². The van der Waals surface area contributed by atoms with Crippen LogP contribution in [0.1, 0.15) is 30.5 Å². The number of benzene rings is 1. The predicted molar refractivity (Wildman–Crippen MR) is 108 cm³/mol. The number of likely N-dealkylation sites (tertiary alicyclic amines) is 1. The fourth-order valence-electron chi connectivity index (χ4n) is 4.42. The van der Waals surface area contributed by atoms with Crippen molar-refractivity contribution in [2.75, 3.05) is 26.2 Å². The predicted octanol–water partition coefficient (Wildman–Crippen LogP) is 2.72. The zero-order valence-corrected chi connectivity index (χ0v) is 16.0. The van der Waals surface area contributed by atoms with Crippen molar-refractivity contribution in [2.45, 2.75) is 38.2 Å². The maximum atomic E-state index is 9.58. The smallest absolute Gasteiger partial charge is 0.155 e. The highest BCUT2D eigenvalue weighted by molar-refractivity contribution is 5.68. The zero-order chi connectivity index (χ0) is 18.9. The molecule has 0 amide bonds. The lowest BCUT2D eigenvalue weighted by Gasteiger charge is -2.15. The third-order valence-corrected chi connectivity index (χ3v) is 5.82. The summed E-state index contributed by atoms with van der Waals surface area (Å²) in [5.74, 6) is 0.896. The number of aliphatic hydroxyl groups excluding tert-OH is 1. The maximum Gasteiger partial charge on any atom is 0.155 e. The van der Waals surface area contributed by atoms with Crippen LogP contribution in [0.15, 0.2) is 36.5 Å². The van der Waals surface area contributed by atoms with Gasteiger partial charge in [0.15, 0.2) is 5.65 Å². The Hall–Kier alpha value is -2.44. The Morgan fingerprint density at radius 2 is 2.04 bits per heavy atom. The Kier molecular flexibility index (Phi) is 4.74. The van der Waals surface area contributed by atoms with Crippen LogP contribution in [0.4, 0.5) is 0 Å². The van der Waals surface area contributed by atoms with Crippen molar-refractivity contribution in [3.05, 3.63) is 47.8 Å². The van der Waals surface area contributed by atoms with E-state index in [1.807, 2.05) is 28.9 Å². The highest BCUT2D eigenvalue weighted by atomic mass is 16.5. The monoisotopic (exact) mass is 378 g/mol. The number of rotatable bonds is 6. The van der Waals surface area contributed by atoms with Crippen LogP contribution >= 0.6 is 0 Å². The van der Waals surface area contributed by atoms with Crippen LogP contribution < -0.4 is 4.74 Å². The molecule has 3 heterocycles. The SMILES string of the molecule is O[C@H]1CCN(CCCOc2ccc(-c3c4c(nc5ccnn35)CCC4)cc2)C1. The number of fused-ring (bicyclic) bond motifs is 2. The van der Waals surface area contributed by atoms with Gasteiger partial charge in [0.25, 0.3) is 0 Å². The Balaban J connectivity index is 1.27. The van der Waals surface area contributed by atoms with Gasteiger partial charge in [-0.3, -0.25) is 0 Å². The van der Waals surface area contributed by atoms with Crippen molar-refractivity contribution in [2.24, 2.45) is 0 Å². The van der Waals surface area contributed by atoms with E-state index in [4.69, 9.17) is 9.72 Å². The van der Waals surface area contributed by atoms with Gasteiger partial charge >= 0.3 is 0 Å². The fourth-order valence-corrected chi connectivity index (χ4v) is 4.42. The van der Waals surface area contributed by atoms with Gasteiger partial charge in [-0.15, -0.1) is 0 Å². The highest BCUT2D eigenvalue weighted by Gasteiger charge is 2.21. The van der Waals surface area contributed by atoms with Gasteiger partial charge in [0.05, 0.1) is 24.6 Å². The number of aliphatic hydroxyl groups is 1. The molecule has 0 spiro atoms. The van der Waals surface area contributed by atoms with E-state index in [1.54, 1.807) is 0 Å². The number of hydrogen-bond donors (Lipinski definition) is 1. The summed E-state index contributed by atoms with van der Waals surface area (Å²) >= 11 is 0.